The summed E-state index contributed by atoms with van der Waals surface area (Å²) in [5.74, 6) is -1.61. The lowest BCUT2D eigenvalue weighted by atomic mass is 10.1. The van der Waals surface area contributed by atoms with Gasteiger partial charge in [0.25, 0.3) is 0 Å². The molecule has 0 aromatic heterocycles. The summed E-state index contributed by atoms with van der Waals surface area (Å²) < 4.78 is 42.1. The van der Waals surface area contributed by atoms with Crippen molar-refractivity contribution in [3.05, 3.63) is 35.4 Å². The fourth-order valence-corrected chi connectivity index (χ4v) is 1.56. The van der Waals surface area contributed by atoms with Gasteiger partial charge in [-0.2, -0.15) is 13.2 Å². The third kappa shape index (κ3) is 5.97. The molecule has 0 unspecified atom stereocenters. The minimum atomic E-state index is -4.38. The molecule has 1 rings (SSSR count). The average molecular weight is 302 g/mol. The quantitative estimate of drug-likeness (QED) is 0.631. The van der Waals surface area contributed by atoms with Crippen molar-refractivity contribution in [3.63, 3.8) is 0 Å². The maximum Gasteiger partial charge on any atom is 0.416 e. The number of carbonyl (C=O) groups excluding carboxylic acids is 2. The summed E-state index contributed by atoms with van der Waals surface area (Å²) in [7, 11) is 0. The molecule has 0 N–H and O–H groups in total. The van der Waals surface area contributed by atoms with E-state index in [-0.39, 0.29) is 12.8 Å². The molecule has 1 aromatic rings. The van der Waals surface area contributed by atoms with Gasteiger partial charge in [-0.1, -0.05) is 12.1 Å². The SMILES string of the molecule is CC(C)(C)OC(=O)C(=O)CCc1ccc(C(F)(F)F)cc1. The third-order valence-corrected chi connectivity index (χ3v) is 2.55. The summed E-state index contributed by atoms with van der Waals surface area (Å²) in [6, 6.07) is 4.50. The Hall–Kier alpha value is -1.85. The van der Waals surface area contributed by atoms with Crippen LogP contribution in [0.25, 0.3) is 0 Å². The summed E-state index contributed by atoms with van der Waals surface area (Å²) >= 11 is 0. The molecule has 6 heteroatoms. The summed E-state index contributed by atoms with van der Waals surface area (Å²) in [5.41, 5.74) is -0.939. The number of carbonyl (C=O) groups is 2. The molecular formula is C15H17F3O3. The van der Waals surface area contributed by atoms with Crippen LogP contribution in [0.3, 0.4) is 0 Å². The zero-order valence-electron chi connectivity index (χ0n) is 12.1. The molecule has 0 atom stereocenters. The fraction of sp³-hybridized carbons (Fsp3) is 0.467. The molecule has 0 aliphatic carbocycles. The number of aryl methyl sites for hydroxylation is 1. The minimum absolute atomic E-state index is 0.0969. The number of hydrogen-bond donors (Lipinski definition) is 0. The summed E-state index contributed by atoms with van der Waals surface area (Å²) in [5, 5.41) is 0. The van der Waals surface area contributed by atoms with E-state index in [2.05, 4.69) is 0 Å². The highest BCUT2D eigenvalue weighted by Crippen LogP contribution is 2.29. The van der Waals surface area contributed by atoms with E-state index >= 15 is 0 Å². The molecule has 0 heterocycles. The molecule has 0 saturated heterocycles. The smallest absolute Gasteiger partial charge is 0.416 e. The zero-order valence-corrected chi connectivity index (χ0v) is 12.1. The van der Waals surface area contributed by atoms with Gasteiger partial charge in [-0.3, -0.25) is 4.79 Å². The number of ether oxygens (including phenoxy) is 1. The topological polar surface area (TPSA) is 43.4 Å². The Bertz CT molecular complexity index is 510. The number of esters is 1. The zero-order chi connectivity index (χ0) is 16.3. The second-order valence-electron chi connectivity index (χ2n) is 5.62. The third-order valence-electron chi connectivity index (χ3n) is 2.55. The van der Waals surface area contributed by atoms with E-state index in [1.807, 2.05) is 0 Å². The van der Waals surface area contributed by atoms with E-state index < -0.39 is 29.1 Å². The first-order valence-corrected chi connectivity index (χ1v) is 6.41. The molecule has 0 amide bonds. The van der Waals surface area contributed by atoms with Crippen molar-refractivity contribution in [1.29, 1.82) is 0 Å². The highest BCUT2D eigenvalue weighted by Gasteiger charge is 2.30. The van der Waals surface area contributed by atoms with Crippen LogP contribution in [0.15, 0.2) is 24.3 Å². The van der Waals surface area contributed by atoms with Crippen molar-refractivity contribution in [3.8, 4) is 0 Å². The molecule has 0 aliphatic heterocycles. The van der Waals surface area contributed by atoms with Gasteiger partial charge >= 0.3 is 12.1 Å². The van der Waals surface area contributed by atoms with Crippen molar-refractivity contribution in [1.82, 2.24) is 0 Å². The van der Waals surface area contributed by atoms with Gasteiger partial charge in [-0.15, -0.1) is 0 Å². The van der Waals surface area contributed by atoms with E-state index in [1.165, 1.54) is 12.1 Å². The number of halogens is 3. The second kappa shape index (κ2) is 6.28. The van der Waals surface area contributed by atoms with Gasteiger partial charge in [0.1, 0.15) is 5.60 Å². The van der Waals surface area contributed by atoms with Crippen LogP contribution < -0.4 is 0 Å². The van der Waals surface area contributed by atoms with Crippen LogP contribution in [0.1, 0.15) is 38.3 Å². The Labute approximate surface area is 121 Å². The van der Waals surface area contributed by atoms with Crippen molar-refractivity contribution >= 4 is 11.8 Å². The number of ketones is 1. The maximum absolute atomic E-state index is 12.4. The van der Waals surface area contributed by atoms with Crippen molar-refractivity contribution < 1.29 is 27.5 Å². The molecule has 0 aliphatic rings. The average Bonchev–Trinajstić information content (AvgIpc) is 2.33. The largest absolute Gasteiger partial charge is 0.454 e. The molecule has 3 nitrogen and oxygen atoms in total. The van der Waals surface area contributed by atoms with E-state index in [1.54, 1.807) is 20.8 Å². The monoisotopic (exact) mass is 302 g/mol. The van der Waals surface area contributed by atoms with Crippen LogP contribution in [0.4, 0.5) is 13.2 Å². The van der Waals surface area contributed by atoms with Gasteiger partial charge in [-0.25, -0.2) is 4.79 Å². The Morgan fingerprint density at radius 2 is 1.57 bits per heavy atom. The Kier molecular flexibility index (Phi) is 5.15. The van der Waals surface area contributed by atoms with Gasteiger partial charge in [0.15, 0.2) is 0 Å². The Morgan fingerprint density at radius 3 is 2.00 bits per heavy atom. The van der Waals surface area contributed by atoms with Crippen LogP contribution in [-0.2, 0) is 26.9 Å². The molecule has 0 fully saturated rings. The van der Waals surface area contributed by atoms with Gasteiger partial charge in [0.2, 0.25) is 5.78 Å². The number of rotatable bonds is 4. The van der Waals surface area contributed by atoms with Gasteiger partial charge < -0.3 is 4.74 Å². The number of benzene rings is 1. The normalized spacial score (nSPS) is 12.1. The van der Waals surface area contributed by atoms with Crippen LogP contribution in [0.5, 0.6) is 0 Å². The van der Waals surface area contributed by atoms with E-state index in [0.717, 1.165) is 12.1 Å². The standard InChI is InChI=1S/C15H17F3O3/c1-14(2,3)21-13(20)12(19)9-6-10-4-7-11(8-5-10)15(16,17)18/h4-5,7-8H,6,9H2,1-3H3. The van der Waals surface area contributed by atoms with Crippen molar-refractivity contribution in [2.45, 2.75) is 45.4 Å². The van der Waals surface area contributed by atoms with Crippen LogP contribution in [0.2, 0.25) is 0 Å². The van der Waals surface area contributed by atoms with E-state index in [0.29, 0.717) is 5.56 Å². The van der Waals surface area contributed by atoms with E-state index in [4.69, 9.17) is 4.74 Å². The first kappa shape index (κ1) is 17.2. The lowest BCUT2D eigenvalue weighted by Crippen LogP contribution is -2.29. The van der Waals surface area contributed by atoms with Crippen molar-refractivity contribution in [2.24, 2.45) is 0 Å². The molecule has 0 spiro atoms. The van der Waals surface area contributed by atoms with E-state index in [9.17, 15) is 22.8 Å². The first-order valence-electron chi connectivity index (χ1n) is 6.41. The fourth-order valence-electron chi connectivity index (χ4n) is 1.56. The molecule has 0 saturated carbocycles. The Morgan fingerprint density at radius 1 is 1.05 bits per heavy atom. The van der Waals surface area contributed by atoms with Crippen LogP contribution in [-0.4, -0.2) is 17.4 Å². The molecule has 0 bridgehead atoms. The molecule has 21 heavy (non-hydrogen) atoms. The second-order valence-corrected chi connectivity index (χ2v) is 5.62. The highest BCUT2D eigenvalue weighted by atomic mass is 19.4. The minimum Gasteiger partial charge on any atom is -0.454 e. The predicted molar refractivity (Wildman–Crippen MR) is 70.6 cm³/mol. The first-order chi connectivity index (χ1) is 9.49. The van der Waals surface area contributed by atoms with Gasteiger partial charge in [0, 0.05) is 6.42 Å². The molecule has 1 aromatic carbocycles. The highest BCUT2D eigenvalue weighted by molar-refractivity contribution is 6.33. The Balaban J connectivity index is 2.56. The summed E-state index contributed by atoms with van der Waals surface area (Å²) in [6.45, 7) is 4.94. The number of Topliss-reactive ketones (excluding diaryl/α,β-unsaturated/α-hetero) is 1. The predicted octanol–water partition coefficient (Wildman–Crippen LogP) is 3.55. The number of alkyl halides is 3. The van der Waals surface area contributed by atoms with Crippen molar-refractivity contribution in [2.75, 3.05) is 0 Å². The maximum atomic E-state index is 12.4. The summed E-state index contributed by atoms with van der Waals surface area (Å²) in [6.07, 6.45) is -4.29. The lowest BCUT2D eigenvalue weighted by Gasteiger charge is -2.18. The molecule has 116 valence electrons. The van der Waals surface area contributed by atoms with Gasteiger partial charge in [0.05, 0.1) is 5.56 Å². The number of hydrogen-bond acceptors (Lipinski definition) is 3. The lowest BCUT2D eigenvalue weighted by molar-refractivity contribution is -0.162. The van der Waals surface area contributed by atoms with Crippen LogP contribution >= 0.6 is 0 Å². The van der Waals surface area contributed by atoms with Crippen LogP contribution in [0, 0.1) is 0 Å². The van der Waals surface area contributed by atoms with Gasteiger partial charge in [-0.05, 0) is 44.9 Å². The summed E-state index contributed by atoms with van der Waals surface area (Å²) in [4.78, 5) is 23.0. The molecular weight excluding hydrogens is 285 g/mol. The molecule has 0 radical (unpaired) electrons.